The number of unbranched alkanes of at least 4 members (excludes halogenated alkanes) is 1. The van der Waals surface area contributed by atoms with Crippen LogP contribution in [0.5, 0.6) is 0 Å². The van der Waals surface area contributed by atoms with E-state index in [0.717, 1.165) is 6.42 Å². The van der Waals surface area contributed by atoms with Gasteiger partial charge in [-0.25, -0.2) is 0 Å². The molecule has 0 spiro atoms. The van der Waals surface area contributed by atoms with Gasteiger partial charge in [0, 0.05) is 5.92 Å². The van der Waals surface area contributed by atoms with Crippen LogP contribution >= 0.6 is 0 Å². The number of rotatable bonds is 11. The Morgan fingerprint density at radius 3 is 1.96 bits per heavy atom. The van der Waals surface area contributed by atoms with Gasteiger partial charge < -0.3 is 32.0 Å². The summed E-state index contributed by atoms with van der Waals surface area (Å²) in [5.74, 6) is -2.30. The average Bonchev–Trinajstić information content (AvgIpc) is 2.49. The van der Waals surface area contributed by atoms with Crippen molar-refractivity contribution in [1.82, 2.24) is 10.6 Å². The molecule has 0 aliphatic carbocycles. The fourth-order valence-electron chi connectivity index (χ4n) is 2.13. The molecule has 3 atom stereocenters. The van der Waals surface area contributed by atoms with Crippen LogP contribution in [0, 0.1) is 11.8 Å². The number of carboxylic acid groups (broad SMARTS) is 1. The molecule has 0 aliphatic rings. The van der Waals surface area contributed by atoms with E-state index in [-0.39, 0.29) is 24.2 Å². The Labute approximate surface area is 143 Å². The topological polar surface area (TPSA) is 154 Å². The molecule has 0 rings (SSSR count). The molecule has 0 aliphatic heterocycles. The number of aliphatic carboxylic acids is 1. The van der Waals surface area contributed by atoms with Crippen molar-refractivity contribution in [2.24, 2.45) is 11.8 Å². The lowest BCUT2D eigenvalue weighted by Gasteiger charge is -2.27. The molecular weight excluding hydrogens is 312 g/mol. The van der Waals surface area contributed by atoms with Gasteiger partial charge in [-0.15, -0.1) is 0 Å². The van der Waals surface area contributed by atoms with E-state index in [9.17, 15) is 19.5 Å². The van der Waals surface area contributed by atoms with Crippen LogP contribution in [-0.2, 0) is 14.4 Å². The second-order valence-electron chi connectivity index (χ2n) is 6.81. The van der Waals surface area contributed by atoms with Crippen LogP contribution in [0.15, 0.2) is 0 Å². The quantitative estimate of drug-likeness (QED) is 0.295. The van der Waals surface area contributed by atoms with Gasteiger partial charge in [0.1, 0.15) is 6.04 Å². The molecule has 0 fully saturated rings. The summed E-state index contributed by atoms with van der Waals surface area (Å²) in [6.45, 7) is 8.02. The molecule has 24 heavy (non-hydrogen) atoms. The Morgan fingerprint density at radius 2 is 1.54 bits per heavy atom. The molecule has 0 bridgehead atoms. The van der Waals surface area contributed by atoms with Gasteiger partial charge >= 0.3 is 0 Å². The number of carbonyl (C=O) groups excluding carboxylic acids is 3. The molecule has 0 radical (unpaired) electrons. The standard InChI is InChI=1S/C16H32N4O4/c1-9(2)12(18)14(21)20-13(10(3)4)15(22)19-11(16(23)24)7-5-6-8-17/h9-13H,5-8,17-18H2,1-4H3,(H,19,22)(H,20,21)(H,23,24)/p+1/t11-,12-,13-/m0/s1. The lowest BCUT2D eigenvalue weighted by atomic mass is 9.99. The number of hydrogen-bond acceptors (Lipinski definition) is 4. The maximum absolute atomic E-state index is 12.4. The van der Waals surface area contributed by atoms with Crippen LogP contribution in [0.2, 0.25) is 0 Å². The number of amides is 2. The maximum atomic E-state index is 12.4. The Kier molecular flexibility index (Phi) is 10.2. The molecule has 140 valence electrons. The molecule has 2 amide bonds. The summed E-state index contributed by atoms with van der Waals surface area (Å²) in [6.07, 6.45) is 1.70. The first-order chi connectivity index (χ1) is 11.1. The van der Waals surface area contributed by atoms with Gasteiger partial charge in [0.2, 0.25) is 5.91 Å². The van der Waals surface area contributed by atoms with Crippen molar-refractivity contribution in [3.63, 3.8) is 0 Å². The minimum absolute atomic E-state index is 0.0412. The Hall–Kier alpha value is -1.67. The molecule has 0 aromatic carbocycles. The number of nitrogens with one attached hydrogen (secondary N) is 2. The first-order valence-electron chi connectivity index (χ1n) is 8.55. The SMILES string of the molecule is CC(C)[C@H]([NH3+])C(=O)N[C@H](C(=O)N[C@@H](CCCC[NH3+])C(=O)[O-])C(C)C. The minimum Gasteiger partial charge on any atom is -0.548 e. The molecule has 0 aromatic heterocycles. The number of quaternary nitrogens is 2. The van der Waals surface area contributed by atoms with E-state index in [1.165, 1.54) is 0 Å². The van der Waals surface area contributed by atoms with E-state index in [4.69, 9.17) is 0 Å². The molecule has 8 heteroatoms. The third-order valence-electron chi connectivity index (χ3n) is 3.98. The van der Waals surface area contributed by atoms with E-state index < -0.39 is 30.0 Å². The molecule has 0 unspecified atom stereocenters. The lowest BCUT2D eigenvalue weighted by Crippen LogP contribution is -2.71. The van der Waals surface area contributed by atoms with E-state index in [2.05, 4.69) is 22.1 Å². The lowest BCUT2D eigenvalue weighted by molar-refractivity contribution is -0.414. The number of carbonyl (C=O) groups is 3. The largest absolute Gasteiger partial charge is 0.548 e. The molecule has 0 heterocycles. The summed E-state index contributed by atoms with van der Waals surface area (Å²) >= 11 is 0. The first-order valence-corrected chi connectivity index (χ1v) is 8.55. The summed E-state index contributed by atoms with van der Waals surface area (Å²) in [6, 6.07) is -2.36. The molecular formula is C16H33N4O4+. The Morgan fingerprint density at radius 1 is 0.958 bits per heavy atom. The van der Waals surface area contributed by atoms with E-state index >= 15 is 0 Å². The van der Waals surface area contributed by atoms with Gasteiger partial charge in [-0.3, -0.25) is 9.59 Å². The first kappa shape index (κ1) is 22.3. The monoisotopic (exact) mass is 345 g/mol. The van der Waals surface area contributed by atoms with Crippen molar-refractivity contribution < 1.29 is 31.0 Å². The highest BCUT2D eigenvalue weighted by Crippen LogP contribution is 2.06. The van der Waals surface area contributed by atoms with Crippen molar-refractivity contribution in [3.05, 3.63) is 0 Å². The highest BCUT2D eigenvalue weighted by molar-refractivity contribution is 5.91. The molecule has 0 saturated carbocycles. The van der Waals surface area contributed by atoms with Crippen LogP contribution < -0.4 is 27.2 Å². The van der Waals surface area contributed by atoms with Crippen molar-refractivity contribution in [3.8, 4) is 0 Å². The molecule has 8 nitrogen and oxygen atoms in total. The van der Waals surface area contributed by atoms with E-state index in [1.807, 2.05) is 13.8 Å². The zero-order valence-electron chi connectivity index (χ0n) is 15.3. The van der Waals surface area contributed by atoms with Crippen LogP contribution in [0.4, 0.5) is 0 Å². The summed E-state index contributed by atoms with van der Waals surface area (Å²) < 4.78 is 0. The van der Waals surface area contributed by atoms with Crippen LogP contribution in [0.1, 0.15) is 47.0 Å². The van der Waals surface area contributed by atoms with Gasteiger partial charge in [-0.1, -0.05) is 27.7 Å². The highest BCUT2D eigenvalue weighted by Gasteiger charge is 2.30. The Balaban J connectivity index is 4.88. The fraction of sp³-hybridized carbons (Fsp3) is 0.812. The van der Waals surface area contributed by atoms with Crippen LogP contribution in [0.25, 0.3) is 0 Å². The van der Waals surface area contributed by atoms with Gasteiger partial charge in [0.15, 0.2) is 6.04 Å². The van der Waals surface area contributed by atoms with Gasteiger partial charge in [-0.2, -0.15) is 0 Å². The number of carboxylic acids is 1. The molecule has 0 saturated heterocycles. The fourth-order valence-corrected chi connectivity index (χ4v) is 2.13. The van der Waals surface area contributed by atoms with Gasteiger partial charge in [0.05, 0.1) is 18.6 Å². The summed E-state index contributed by atoms with van der Waals surface area (Å²) in [7, 11) is 0. The third-order valence-corrected chi connectivity index (χ3v) is 3.98. The molecule has 8 N–H and O–H groups in total. The van der Waals surface area contributed by atoms with E-state index in [1.54, 1.807) is 13.8 Å². The van der Waals surface area contributed by atoms with E-state index in [0.29, 0.717) is 13.0 Å². The smallest absolute Gasteiger partial charge is 0.279 e. The predicted octanol–water partition coefficient (Wildman–Crippen LogP) is -2.96. The normalized spacial score (nSPS) is 15.0. The zero-order chi connectivity index (χ0) is 18.9. The number of hydrogen-bond donors (Lipinski definition) is 4. The molecule has 0 aromatic rings. The second-order valence-corrected chi connectivity index (χ2v) is 6.81. The summed E-state index contributed by atoms with van der Waals surface area (Å²) in [4.78, 5) is 35.8. The third kappa shape index (κ3) is 7.74. The van der Waals surface area contributed by atoms with Crippen LogP contribution in [0.3, 0.4) is 0 Å². The van der Waals surface area contributed by atoms with Crippen molar-refractivity contribution in [1.29, 1.82) is 0 Å². The van der Waals surface area contributed by atoms with Crippen molar-refractivity contribution in [2.75, 3.05) is 6.54 Å². The maximum Gasteiger partial charge on any atom is 0.279 e. The predicted molar refractivity (Wildman–Crippen MR) is 86.8 cm³/mol. The summed E-state index contributed by atoms with van der Waals surface area (Å²) in [5, 5.41) is 16.3. The highest BCUT2D eigenvalue weighted by atomic mass is 16.4. The summed E-state index contributed by atoms with van der Waals surface area (Å²) in [5.41, 5.74) is 7.49. The zero-order valence-corrected chi connectivity index (χ0v) is 15.3. The van der Waals surface area contributed by atoms with Crippen molar-refractivity contribution in [2.45, 2.75) is 65.1 Å². The van der Waals surface area contributed by atoms with Crippen molar-refractivity contribution >= 4 is 17.8 Å². The van der Waals surface area contributed by atoms with Gasteiger partial charge in [0.25, 0.3) is 5.91 Å². The minimum atomic E-state index is -1.32. The Bertz CT molecular complexity index is 426. The average molecular weight is 345 g/mol. The second kappa shape index (κ2) is 11.0. The van der Waals surface area contributed by atoms with Gasteiger partial charge in [-0.05, 0) is 25.2 Å². The van der Waals surface area contributed by atoms with Crippen LogP contribution in [-0.4, -0.2) is 42.5 Å².